The average molecular weight is 341 g/mol. The Morgan fingerprint density at radius 3 is 3.00 bits per heavy atom. The summed E-state index contributed by atoms with van der Waals surface area (Å²) in [6.45, 7) is 3.69. The molecule has 1 saturated carbocycles. The smallest absolute Gasteiger partial charge is 0.221 e. The zero-order valence-electron chi connectivity index (χ0n) is 14.7. The number of nitrogens with zero attached hydrogens (tertiary/aromatic N) is 3. The number of pyridine rings is 1. The molecule has 3 rings (SSSR count). The van der Waals surface area contributed by atoms with E-state index in [1.165, 1.54) is 12.8 Å². The summed E-state index contributed by atoms with van der Waals surface area (Å²) in [4.78, 5) is 18.6. The van der Waals surface area contributed by atoms with Crippen LogP contribution in [0.4, 0.5) is 5.82 Å². The quantitative estimate of drug-likeness (QED) is 0.794. The van der Waals surface area contributed by atoms with E-state index in [0.29, 0.717) is 29.8 Å². The summed E-state index contributed by atoms with van der Waals surface area (Å²) in [6, 6.07) is 6.13. The first-order valence-corrected chi connectivity index (χ1v) is 9.35. The largest absolute Gasteiger partial charge is 0.369 e. The molecule has 0 radical (unpaired) electrons. The zero-order chi connectivity index (χ0) is 17.5. The molecule has 2 N–H and O–H groups in total. The van der Waals surface area contributed by atoms with Crippen LogP contribution in [0.15, 0.2) is 18.3 Å². The molecule has 1 aromatic heterocycles. The summed E-state index contributed by atoms with van der Waals surface area (Å²) in [5.41, 5.74) is 0.584. The highest BCUT2D eigenvalue weighted by Gasteiger charge is 2.23. The van der Waals surface area contributed by atoms with Crippen LogP contribution in [-0.2, 0) is 4.79 Å². The molecule has 1 atom stereocenters. The molecule has 6 nitrogen and oxygen atoms in total. The van der Waals surface area contributed by atoms with Gasteiger partial charge in [-0.2, -0.15) is 5.26 Å². The summed E-state index contributed by atoms with van der Waals surface area (Å²) in [5.74, 6) is 1.39. The second kappa shape index (κ2) is 8.82. The summed E-state index contributed by atoms with van der Waals surface area (Å²) in [5, 5.41) is 15.6. The number of amides is 1. The minimum atomic E-state index is 0.195. The first kappa shape index (κ1) is 17.7. The molecule has 0 unspecified atom stereocenters. The third-order valence-electron chi connectivity index (χ3n) is 5.23. The number of hydrogen-bond donors (Lipinski definition) is 2. The van der Waals surface area contributed by atoms with Crippen molar-refractivity contribution in [3.05, 3.63) is 23.9 Å². The van der Waals surface area contributed by atoms with Gasteiger partial charge in [0.05, 0.1) is 5.56 Å². The lowest BCUT2D eigenvalue weighted by Gasteiger charge is -2.17. The van der Waals surface area contributed by atoms with Crippen molar-refractivity contribution in [2.75, 3.05) is 31.5 Å². The van der Waals surface area contributed by atoms with E-state index in [1.54, 1.807) is 18.3 Å². The number of nitriles is 1. The van der Waals surface area contributed by atoms with Gasteiger partial charge in [0.25, 0.3) is 0 Å². The molecule has 1 amide bonds. The molecule has 0 bridgehead atoms. The van der Waals surface area contributed by atoms with Crippen LogP contribution >= 0.6 is 0 Å². The molecule has 2 heterocycles. The molecular formula is C19H27N5O. The van der Waals surface area contributed by atoms with E-state index >= 15 is 0 Å². The van der Waals surface area contributed by atoms with Gasteiger partial charge in [0.2, 0.25) is 5.91 Å². The molecule has 134 valence electrons. The van der Waals surface area contributed by atoms with Gasteiger partial charge in [-0.25, -0.2) is 4.98 Å². The van der Waals surface area contributed by atoms with Crippen LogP contribution in [0, 0.1) is 17.2 Å². The monoisotopic (exact) mass is 341 g/mol. The Kier molecular flexibility index (Phi) is 6.24. The minimum absolute atomic E-state index is 0.195. The molecular weight excluding hydrogens is 314 g/mol. The van der Waals surface area contributed by atoms with Gasteiger partial charge in [0, 0.05) is 38.3 Å². The number of carbonyl (C=O) groups is 1. The predicted octanol–water partition coefficient (Wildman–Crippen LogP) is 2.14. The van der Waals surface area contributed by atoms with Gasteiger partial charge in [0.15, 0.2) is 0 Å². The van der Waals surface area contributed by atoms with E-state index in [0.717, 1.165) is 45.4 Å². The van der Waals surface area contributed by atoms with E-state index in [-0.39, 0.29) is 5.91 Å². The number of rotatable bonds is 7. The highest BCUT2D eigenvalue weighted by atomic mass is 16.1. The van der Waals surface area contributed by atoms with Gasteiger partial charge >= 0.3 is 0 Å². The van der Waals surface area contributed by atoms with Crippen molar-refractivity contribution >= 4 is 11.7 Å². The van der Waals surface area contributed by atoms with E-state index in [9.17, 15) is 4.79 Å². The standard InChI is InChI=1S/C19H27N5O/c20-12-16-4-3-9-21-19(16)22-13-15-7-10-24(14-15)11-8-18(25)23-17-5-1-2-6-17/h3-4,9,15,17H,1-2,5-8,10-11,13-14H2,(H,21,22)(H,23,25)/t15-/m1/s1. The molecule has 25 heavy (non-hydrogen) atoms. The van der Waals surface area contributed by atoms with E-state index in [4.69, 9.17) is 5.26 Å². The maximum absolute atomic E-state index is 12.0. The third kappa shape index (κ3) is 5.17. The van der Waals surface area contributed by atoms with Gasteiger partial charge in [-0.1, -0.05) is 12.8 Å². The topological polar surface area (TPSA) is 81.1 Å². The maximum Gasteiger partial charge on any atom is 0.221 e. The van der Waals surface area contributed by atoms with Crippen molar-refractivity contribution in [2.24, 2.45) is 5.92 Å². The Labute approximate surface area is 149 Å². The predicted molar refractivity (Wildman–Crippen MR) is 97.0 cm³/mol. The van der Waals surface area contributed by atoms with Crippen LogP contribution in [0.1, 0.15) is 44.1 Å². The normalized spacial score (nSPS) is 21.2. The van der Waals surface area contributed by atoms with Crippen LogP contribution in [0.2, 0.25) is 0 Å². The molecule has 1 aliphatic heterocycles. The summed E-state index contributed by atoms with van der Waals surface area (Å²) < 4.78 is 0. The second-order valence-corrected chi connectivity index (χ2v) is 7.15. The van der Waals surface area contributed by atoms with Gasteiger partial charge in [-0.15, -0.1) is 0 Å². The van der Waals surface area contributed by atoms with Crippen molar-refractivity contribution in [2.45, 2.75) is 44.6 Å². The SMILES string of the molecule is N#Cc1cccnc1NC[C@H]1CCN(CCC(=O)NC2CCCC2)C1. The minimum Gasteiger partial charge on any atom is -0.369 e. The highest BCUT2D eigenvalue weighted by molar-refractivity contribution is 5.76. The lowest BCUT2D eigenvalue weighted by molar-refractivity contribution is -0.122. The van der Waals surface area contributed by atoms with Crippen LogP contribution < -0.4 is 10.6 Å². The summed E-state index contributed by atoms with van der Waals surface area (Å²) >= 11 is 0. The molecule has 1 aromatic rings. The fourth-order valence-corrected chi connectivity index (χ4v) is 3.79. The zero-order valence-corrected chi connectivity index (χ0v) is 14.7. The van der Waals surface area contributed by atoms with Crippen LogP contribution in [-0.4, -0.2) is 48.0 Å². The Morgan fingerprint density at radius 2 is 2.20 bits per heavy atom. The van der Waals surface area contributed by atoms with Crippen LogP contribution in [0.5, 0.6) is 0 Å². The highest BCUT2D eigenvalue weighted by Crippen LogP contribution is 2.19. The van der Waals surface area contributed by atoms with Gasteiger partial charge in [0.1, 0.15) is 11.9 Å². The van der Waals surface area contributed by atoms with E-state index < -0.39 is 0 Å². The first-order chi connectivity index (χ1) is 12.2. The fraction of sp³-hybridized carbons (Fsp3) is 0.632. The molecule has 0 spiro atoms. The summed E-state index contributed by atoms with van der Waals surface area (Å²) in [6.07, 6.45) is 8.18. The maximum atomic E-state index is 12.0. The molecule has 2 fully saturated rings. The first-order valence-electron chi connectivity index (χ1n) is 9.35. The number of carbonyl (C=O) groups excluding carboxylic acids is 1. The number of anilines is 1. The van der Waals surface area contributed by atoms with Crippen molar-refractivity contribution < 1.29 is 4.79 Å². The molecule has 0 aromatic carbocycles. The van der Waals surface area contributed by atoms with Crippen molar-refractivity contribution in [1.82, 2.24) is 15.2 Å². The van der Waals surface area contributed by atoms with Crippen LogP contribution in [0.25, 0.3) is 0 Å². The van der Waals surface area contributed by atoms with Gasteiger partial charge in [-0.3, -0.25) is 4.79 Å². The van der Waals surface area contributed by atoms with E-state index in [1.807, 2.05) is 0 Å². The van der Waals surface area contributed by atoms with Gasteiger partial charge in [-0.05, 0) is 43.9 Å². The Bertz CT molecular complexity index is 620. The fourth-order valence-electron chi connectivity index (χ4n) is 3.79. The van der Waals surface area contributed by atoms with Crippen molar-refractivity contribution in [3.63, 3.8) is 0 Å². The number of aromatic nitrogens is 1. The third-order valence-corrected chi connectivity index (χ3v) is 5.23. The second-order valence-electron chi connectivity index (χ2n) is 7.15. The Morgan fingerprint density at radius 1 is 1.36 bits per heavy atom. The van der Waals surface area contributed by atoms with Crippen molar-refractivity contribution in [3.8, 4) is 6.07 Å². The average Bonchev–Trinajstić information content (AvgIpc) is 3.30. The Hall–Kier alpha value is -2.13. The lowest BCUT2D eigenvalue weighted by atomic mass is 10.1. The number of hydrogen-bond acceptors (Lipinski definition) is 5. The number of nitrogens with one attached hydrogen (secondary N) is 2. The number of likely N-dealkylation sites (tertiary alicyclic amines) is 1. The van der Waals surface area contributed by atoms with Gasteiger partial charge < -0.3 is 15.5 Å². The Balaban J connectivity index is 1.35. The summed E-state index contributed by atoms with van der Waals surface area (Å²) in [7, 11) is 0. The van der Waals surface area contributed by atoms with Crippen LogP contribution in [0.3, 0.4) is 0 Å². The molecule has 1 aliphatic carbocycles. The molecule has 1 saturated heterocycles. The molecule has 2 aliphatic rings. The van der Waals surface area contributed by atoms with Crippen molar-refractivity contribution in [1.29, 1.82) is 5.26 Å². The van der Waals surface area contributed by atoms with E-state index in [2.05, 4.69) is 26.6 Å². The lowest BCUT2D eigenvalue weighted by Crippen LogP contribution is -2.35. The molecule has 6 heteroatoms.